The molecule has 262 valence electrons. The third kappa shape index (κ3) is 4.89. The number of hydrogen-bond donors (Lipinski definition) is 1. The molecular weight excluding hydrogens is 699 g/mol. The van der Waals surface area contributed by atoms with Gasteiger partial charge in [0, 0.05) is 40.7 Å². The Kier molecular flexibility index (Phi) is 7.41. The Balaban J connectivity index is 1.14. The number of aromatic nitrogens is 4. The molecule has 4 aromatic heterocycles. The summed E-state index contributed by atoms with van der Waals surface area (Å²) in [5.41, 5.74) is 8.34. The van der Waals surface area contributed by atoms with E-state index in [0.717, 1.165) is 91.5 Å². The number of carbonyl (C=O) groups is 1. The van der Waals surface area contributed by atoms with Crippen molar-refractivity contribution in [2.75, 3.05) is 19.0 Å². The van der Waals surface area contributed by atoms with Gasteiger partial charge in [0.1, 0.15) is 5.82 Å². The summed E-state index contributed by atoms with van der Waals surface area (Å²) in [6.07, 6.45) is 7.73. The molecule has 0 bridgehead atoms. The van der Waals surface area contributed by atoms with Crippen LogP contribution in [0.2, 0.25) is 5.02 Å². The molecule has 0 saturated carbocycles. The number of benzene rings is 2. The number of amides is 1. The molecule has 6 heterocycles. The summed E-state index contributed by atoms with van der Waals surface area (Å²) in [7, 11) is 1.51. The fourth-order valence-corrected chi connectivity index (χ4v) is 10.4. The van der Waals surface area contributed by atoms with Gasteiger partial charge in [-0.2, -0.15) is 0 Å². The summed E-state index contributed by atoms with van der Waals surface area (Å²) < 4.78 is 27.1. The van der Waals surface area contributed by atoms with E-state index in [0.29, 0.717) is 42.5 Å². The Morgan fingerprint density at radius 3 is 2.79 bits per heavy atom. The van der Waals surface area contributed by atoms with E-state index in [1.165, 1.54) is 24.3 Å². The van der Waals surface area contributed by atoms with E-state index >= 15 is 0 Å². The number of fused-ring (bicyclic) bond motifs is 6. The van der Waals surface area contributed by atoms with Crippen LogP contribution in [0.1, 0.15) is 93.6 Å². The monoisotopic (exact) mass is 732 g/mol. The first kappa shape index (κ1) is 31.8. The summed E-state index contributed by atoms with van der Waals surface area (Å²) in [5, 5.41) is 14.2. The van der Waals surface area contributed by atoms with Crippen LogP contribution in [-0.4, -0.2) is 44.6 Å². The number of hydrogen-bond acceptors (Lipinski definition) is 9. The maximum Gasteiger partial charge on any atom is 0.257 e. The second-order valence-electron chi connectivity index (χ2n) is 14.2. The van der Waals surface area contributed by atoms with Gasteiger partial charge in [0.15, 0.2) is 11.6 Å². The highest BCUT2D eigenvalue weighted by atomic mass is 35.5. The Morgan fingerprint density at radius 1 is 1.06 bits per heavy atom. The van der Waals surface area contributed by atoms with Gasteiger partial charge in [-0.05, 0) is 103 Å². The van der Waals surface area contributed by atoms with Gasteiger partial charge in [0.2, 0.25) is 11.8 Å². The number of halogens is 2. The van der Waals surface area contributed by atoms with Crippen molar-refractivity contribution in [2.24, 2.45) is 0 Å². The van der Waals surface area contributed by atoms with E-state index < -0.39 is 0 Å². The third-order valence-electron chi connectivity index (χ3n) is 11.3. The largest absolute Gasteiger partial charge is 0.493 e. The Morgan fingerprint density at radius 2 is 1.94 bits per heavy atom. The zero-order valence-corrected chi connectivity index (χ0v) is 30.2. The Bertz CT molecular complexity index is 2460. The highest BCUT2D eigenvalue weighted by Crippen LogP contribution is 2.52. The number of carbonyl (C=O) groups excluding carboxylic acids is 1. The number of nitrogens with zero attached hydrogens (tertiary/aromatic N) is 5. The topological polar surface area (TPSA) is 106 Å². The number of thiophene rings is 1. The molecule has 6 aromatic rings. The molecule has 52 heavy (non-hydrogen) atoms. The SMILES string of the molecule is COc1c(F)ccc2c1CC[C@@H]2Nc1nccc2cc(-c3c4c(nc(C[C@@H]5CCc6cc(Cl)ccc65)c3-c3nnc(C)o3)[C@@H]3CCCN3C4=O)sc12. The Labute approximate surface area is 308 Å². The predicted octanol–water partition coefficient (Wildman–Crippen LogP) is 9.18. The number of ether oxygens (including phenoxy) is 1. The van der Waals surface area contributed by atoms with Gasteiger partial charge in [0.05, 0.1) is 46.4 Å². The van der Waals surface area contributed by atoms with E-state index in [-0.39, 0.29) is 29.7 Å². The summed E-state index contributed by atoms with van der Waals surface area (Å²) in [5.74, 6) is 1.75. The molecule has 1 saturated heterocycles. The van der Waals surface area contributed by atoms with E-state index in [4.69, 9.17) is 30.7 Å². The molecule has 1 amide bonds. The number of rotatable bonds is 7. The molecule has 12 heteroatoms. The van der Waals surface area contributed by atoms with Gasteiger partial charge >= 0.3 is 0 Å². The van der Waals surface area contributed by atoms with Crippen molar-refractivity contribution < 1.29 is 18.3 Å². The van der Waals surface area contributed by atoms with Crippen LogP contribution in [0.3, 0.4) is 0 Å². The number of aryl methyl sites for hydroxylation is 2. The van der Waals surface area contributed by atoms with Crippen molar-refractivity contribution >= 4 is 44.7 Å². The number of anilines is 1. The molecule has 0 radical (unpaired) electrons. The van der Waals surface area contributed by atoms with E-state index in [2.05, 4.69) is 33.7 Å². The van der Waals surface area contributed by atoms with Crippen LogP contribution < -0.4 is 10.1 Å². The van der Waals surface area contributed by atoms with Crippen LogP contribution in [0, 0.1) is 12.7 Å². The smallest absolute Gasteiger partial charge is 0.257 e. The second kappa shape index (κ2) is 12.1. The van der Waals surface area contributed by atoms with E-state index in [9.17, 15) is 9.18 Å². The van der Waals surface area contributed by atoms with Crippen molar-refractivity contribution in [3.8, 4) is 27.6 Å². The molecule has 0 spiro atoms. The van der Waals surface area contributed by atoms with Gasteiger partial charge < -0.3 is 19.4 Å². The number of methoxy groups -OCH3 is 1. The Hall–Kier alpha value is -4.87. The molecule has 1 fully saturated rings. The third-order valence-corrected chi connectivity index (χ3v) is 12.7. The van der Waals surface area contributed by atoms with Crippen molar-refractivity contribution in [1.82, 2.24) is 25.1 Å². The molecular formula is C40H34ClFN6O3S. The fourth-order valence-electron chi connectivity index (χ4n) is 9.06. The molecule has 0 unspecified atom stereocenters. The average Bonchev–Trinajstić information content (AvgIpc) is 3.99. The first-order chi connectivity index (χ1) is 25.4. The minimum atomic E-state index is -0.349. The van der Waals surface area contributed by atoms with Crippen LogP contribution in [0.15, 0.2) is 53.1 Å². The lowest BCUT2D eigenvalue weighted by molar-refractivity contribution is 0.0776. The lowest BCUT2D eigenvalue weighted by Gasteiger charge is -2.19. The summed E-state index contributed by atoms with van der Waals surface area (Å²) >= 11 is 7.98. The maximum absolute atomic E-state index is 14.5. The van der Waals surface area contributed by atoms with Crippen molar-refractivity contribution in [3.05, 3.63) is 105 Å². The molecule has 9 nitrogen and oxygen atoms in total. The zero-order valence-electron chi connectivity index (χ0n) is 28.6. The molecule has 2 aromatic carbocycles. The molecule has 10 rings (SSSR count). The first-order valence-electron chi connectivity index (χ1n) is 17.8. The summed E-state index contributed by atoms with van der Waals surface area (Å²) in [6, 6.07) is 13.5. The molecule has 3 atom stereocenters. The summed E-state index contributed by atoms with van der Waals surface area (Å²) in [4.78, 5) is 27.4. The number of pyridine rings is 2. The molecule has 4 aliphatic rings. The minimum absolute atomic E-state index is 0.00237. The molecule has 2 aliphatic heterocycles. The average molecular weight is 733 g/mol. The normalized spacial score (nSPS) is 20.0. The van der Waals surface area contributed by atoms with Gasteiger partial charge in [-0.1, -0.05) is 23.7 Å². The highest BCUT2D eigenvalue weighted by Gasteiger charge is 2.45. The van der Waals surface area contributed by atoms with Gasteiger partial charge in [0.25, 0.3) is 5.91 Å². The molecule has 2 aliphatic carbocycles. The fraction of sp³-hybridized carbons (Fsp3) is 0.325. The predicted molar refractivity (Wildman–Crippen MR) is 198 cm³/mol. The van der Waals surface area contributed by atoms with Crippen LogP contribution >= 0.6 is 22.9 Å². The van der Waals surface area contributed by atoms with Crippen molar-refractivity contribution in [2.45, 2.75) is 69.9 Å². The zero-order chi connectivity index (χ0) is 35.2. The van der Waals surface area contributed by atoms with Crippen LogP contribution in [0.5, 0.6) is 5.75 Å². The van der Waals surface area contributed by atoms with Crippen LogP contribution in [-0.2, 0) is 19.3 Å². The summed E-state index contributed by atoms with van der Waals surface area (Å²) in [6.45, 7) is 2.49. The van der Waals surface area contributed by atoms with E-state index in [1.807, 2.05) is 23.1 Å². The minimum Gasteiger partial charge on any atom is -0.493 e. The second-order valence-corrected chi connectivity index (χ2v) is 15.7. The van der Waals surface area contributed by atoms with Crippen molar-refractivity contribution in [3.63, 3.8) is 0 Å². The van der Waals surface area contributed by atoms with Crippen LogP contribution in [0.25, 0.3) is 32.0 Å². The van der Waals surface area contributed by atoms with E-state index in [1.54, 1.807) is 24.5 Å². The quantitative estimate of drug-likeness (QED) is 0.173. The number of nitrogens with one attached hydrogen (secondary N) is 1. The lowest BCUT2D eigenvalue weighted by atomic mass is 9.89. The van der Waals surface area contributed by atoms with Gasteiger partial charge in [-0.15, -0.1) is 21.5 Å². The first-order valence-corrected chi connectivity index (χ1v) is 19.0. The lowest BCUT2D eigenvalue weighted by Crippen LogP contribution is -2.22. The highest BCUT2D eigenvalue weighted by molar-refractivity contribution is 7.23. The van der Waals surface area contributed by atoms with Crippen molar-refractivity contribution in [1.29, 1.82) is 0 Å². The molecule has 1 N–H and O–H groups in total. The standard InChI is InChI=1S/C40H34ClFN6O3S/c1-19-46-47-39(51-19)32-29(17-21-6-5-20-16-23(41)7-8-24(20)21)44-35-30-4-3-15-48(30)40(49)34(35)33(32)31-18-22-13-14-43-38(37(22)52-31)45-28-12-10-26-25(28)9-11-27(42)36(26)50-2/h7-9,11,13-14,16,18,21,28,30H,3-6,10,12,15,17H2,1-2H3,(H,43,45)/t21-,28-,30-/m0/s1. The van der Waals surface area contributed by atoms with Gasteiger partial charge in [-0.25, -0.2) is 9.37 Å². The van der Waals surface area contributed by atoms with Crippen LogP contribution in [0.4, 0.5) is 10.2 Å². The van der Waals surface area contributed by atoms with Gasteiger partial charge in [-0.3, -0.25) is 9.78 Å². The maximum atomic E-state index is 14.5.